The molecule has 5 heteroatoms. The first-order valence-electron chi connectivity index (χ1n) is 7.20. The number of hydrogen-bond acceptors (Lipinski definition) is 4. The molecule has 2 rings (SSSR count). The second-order valence-corrected chi connectivity index (χ2v) is 7.29. The molecule has 0 aliphatic rings. The number of hydrogen-bond donors (Lipinski definition) is 1. The third-order valence-corrected chi connectivity index (χ3v) is 4.28. The van der Waals surface area contributed by atoms with Crippen molar-refractivity contribution in [1.82, 2.24) is 9.78 Å². The van der Waals surface area contributed by atoms with Gasteiger partial charge in [0.15, 0.2) is 5.75 Å². The van der Waals surface area contributed by atoms with Crippen molar-refractivity contribution >= 4 is 11.3 Å². The van der Waals surface area contributed by atoms with Crippen molar-refractivity contribution < 1.29 is 5.11 Å². The summed E-state index contributed by atoms with van der Waals surface area (Å²) in [5.41, 5.74) is 0.909. The van der Waals surface area contributed by atoms with Crippen LogP contribution in [0.5, 0.6) is 5.75 Å². The number of aromatic hydroxyl groups is 1. The number of nitrogens with zero attached hydrogens (tertiary/aromatic N) is 2. The predicted molar refractivity (Wildman–Crippen MR) is 86.9 cm³/mol. The van der Waals surface area contributed by atoms with Crippen LogP contribution in [0.1, 0.15) is 39.7 Å². The van der Waals surface area contributed by atoms with E-state index in [-0.39, 0.29) is 16.7 Å². The molecule has 1 N–H and O–H groups in total. The number of aryl methyl sites for hydroxylation is 1. The van der Waals surface area contributed by atoms with Crippen molar-refractivity contribution in [2.75, 3.05) is 0 Å². The van der Waals surface area contributed by atoms with Crippen LogP contribution in [-0.4, -0.2) is 14.9 Å². The quantitative estimate of drug-likeness (QED) is 0.937. The second kappa shape index (κ2) is 6.02. The second-order valence-electron chi connectivity index (χ2n) is 6.35. The zero-order valence-electron chi connectivity index (χ0n) is 13.0. The standard InChI is InChI=1S/C16H22N2O2S/c1-5-11-14(19)13(12-7-6-10-21-12)17-18(15(11)20)9-8-16(2,3)4/h6-7,10,19H,5,8-9H2,1-4H3. The van der Waals surface area contributed by atoms with Gasteiger partial charge in [-0.25, -0.2) is 4.68 Å². The lowest BCUT2D eigenvalue weighted by Crippen LogP contribution is -2.28. The topological polar surface area (TPSA) is 55.1 Å². The molecule has 0 fully saturated rings. The fourth-order valence-electron chi connectivity index (χ4n) is 2.10. The first kappa shape index (κ1) is 15.8. The Labute approximate surface area is 129 Å². The highest BCUT2D eigenvalue weighted by molar-refractivity contribution is 7.13. The van der Waals surface area contributed by atoms with Gasteiger partial charge in [-0.1, -0.05) is 33.8 Å². The zero-order chi connectivity index (χ0) is 15.6. The fourth-order valence-corrected chi connectivity index (χ4v) is 2.81. The summed E-state index contributed by atoms with van der Waals surface area (Å²) in [6.45, 7) is 8.86. The molecule has 0 bridgehead atoms. The summed E-state index contributed by atoms with van der Waals surface area (Å²) in [5, 5.41) is 16.7. The summed E-state index contributed by atoms with van der Waals surface area (Å²) in [4.78, 5) is 13.3. The Hall–Kier alpha value is -1.62. The van der Waals surface area contributed by atoms with Crippen molar-refractivity contribution in [3.63, 3.8) is 0 Å². The van der Waals surface area contributed by atoms with Gasteiger partial charge in [0.2, 0.25) is 0 Å². The highest BCUT2D eigenvalue weighted by atomic mass is 32.1. The van der Waals surface area contributed by atoms with Gasteiger partial charge in [-0.15, -0.1) is 11.3 Å². The van der Waals surface area contributed by atoms with E-state index in [0.717, 1.165) is 11.3 Å². The van der Waals surface area contributed by atoms with E-state index in [9.17, 15) is 9.90 Å². The molecule has 0 unspecified atom stereocenters. The van der Waals surface area contributed by atoms with E-state index in [0.29, 0.717) is 24.2 Å². The maximum Gasteiger partial charge on any atom is 0.273 e. The minimum absolute atomic E-state index is 0.0250. The lowest BCUT2D eigenvalue weighted by atomic mass is 9.92. The van der Waals surface area contributed by atoms with Gasteiger partial charge in [-0.2, -0.15) is 5.10 Å². The maximum absolute atomic E-state index is 12.4. The maximum atomic E-state index is 12.4. The van der Waals surface area contributed by atoms with Gasteiger partial charge in [0, 0.05) is 6.54 Å². The molecule has 2 aromatic heterocycles. The Morgan fingerprint density at radius 3 is 2.62 bits per heavy atom. The summed E-state index contributed by atoms with van der Waals surface area (Å²) in [6, 6.07) is 3.82. The van der Waals surface area contributed by atoms with E-state index in [1.54, 1.807) is 0 Å². The molecule has 21 heavy (non-hydrogen) atoms. The van der Waals surface area contributed by atoms with E-state index < -0.39 is 0 Å². The predicted octanol–water partition coefficient (Wildman–Crippen LogP) is 3.68. The Bertz CT molecular complexity index is 667. The van der Waals surface area contributed by atoms with E-state index >= 15 is 0 Å². The summed E-state index contributed by atoms with van der Waals surface area (Å²) >= 11 is 1.51. The van der Waals surface area contributed by atoms with Crippen LogP contribution in [0.3, 0.4) is 0 Å². The molecule has 4 nitrogen and oxygen atoms in total. The summed E-state index contributed by atoms with van der Waals surface area (Å²) in [6.07, 6.45) is 1.36. The monoisotopic (exact) mass is 306 g/mol. The minimum Gasteiger partial charge on any atom is -0.505 e. The first-order chi connectivity index (χ1) is 9.83. The highest BCUT2D eigenvalue weighted by Gasteiger charge is 2.19. The molecule has 0 aliphatic carbocycles. The van der Waals surface area contributed by atoms with E-state index in [4.69, 9.17) is 0 Å². The van der Waals surface area contributed by atoms with Gasteiger partial charge in [0.05, 0.1) is 10.4 Å². The van der Waals surface area contributed by atoms with Crippen LogP contribution in [-0.2, 0) is 13.0 Å². The van der Waals surface area contributed by atoms with Gasteiger partial charge in [-0.05, 0) is 29.7 Å². The van der Waals surface area contributed by atoms with Gasteiger partial charge in [0.1, 0.15) is 5.69 Å². The van der Waals surface area contributed by atoms with Gasteiger partial charge in [0.25, 0.3) is 5.56 Å². The van der Waals surface area contributed by atoms with Crippen LogP contribution >= 0.6 is 11.3 Å². The minimum atomic E-state index is -0.181. The number of thiophene rings is 1. The van der Waals surface area contributed by atoms with Crippen molar-refractivity contribution in [1.29, 1.82) is 0 Å². The molecular weight excluding hydrogens is 284 g/mol. The average Bonchev–Trinajstić information content (AvgIpc) is 2.91. The van der Waals surface area contributed by atoms with Crippen LogP contribution in [0.4, 0.5) is 0 Å². The molecule has 2 heterocycles. The van der Waals surface area contributed by atoms with Crippen LogP contribution in [0.25, 0.3) is 10.6 Å². The molecule has 0 saturated heterocycles. The highest BCUT2D eigenvalue weighted by Crippen LogP contribution is 2.31. The summed E-state index contributed by atoms with van der Waals surface area (Å²) < 4.78 is 1.50. The van der Waals surface area contributed by atoms with E-state index in [1.807, 2.05) is 24.4 Å². The third kappa shape index (κ3) is 3.53. The first-order valence-corrected chi connectivity index (χ1v) is 8.08. The largest absolute Gasteiger partial charge is 0.505 e. The zero-order valence-corrected chi connectivity index (χ0v) is 13.8. The van der Waals surface area contributed by atoms with Crippen LogP contribution in [0.15, 0.2) is 22.3 Å². The normalized spacial score (nSPS) is 11.8. The van der Waals surface area contributed by atoms with Crippen LogP contribution in [0, 0.1) is 5.41 Å². The van der Waals surface area contributed by atoms with Crippen LogP contribution in [0.2, 0.25) is 0 Å². The third-order valence-electron chi connectivity index (χ3n) is 3.41. The number of rotatable bonds is 4. The Balaban J connectivity index is 2.51. The average molecular weight is 306 g/mol. The van der Waals surface area contributed by atoms with Crippen LogP contribution < -0.4 is 5.56 Å². The molecular formula is C16H22N2O2S. The molecule has 0 spiro atoms. The van der Waals surface area contributed by atoms with Gasteiger partial charge >= 0.3 is 0 Å². The molecule has 0 aromatic carbocycles. The Morgan fingerprint density at radius 1 is 1.38 bits per heavy atom. The van der Waals surface area contributed by atoms with E-state index in [2.05, 4.69) is 25.9 Å². The van der Waals surface area contributed by atoms with Crippen molar-refractivity contribution in [2.45, 2.75) is 47.1 Å². The smallest absolute Gasteiger partial charge is 0.273 e. The Kier molecular flexibility index (Phi) is 4.52. The molecule has 0 aliphatic heterocycles. The van der Waals surface area contributed by atoms with Crippen molar-refractivity contribution in [3.8, 4) is 16.3 Å². The van der Waals surface area contributed by atoms with E-state index in [1.165, 1.54) is 16.0 Å². The Morgan fingerprint density at radius 2 is 2.10 bits per heavy atom. The summed E-state index contributed by atoms with van der Waals surface area (Å²) in [5.74, 6) is 0.0250. The number of aromatic nitrogens is 2. The lowest BCUT2D eigenvalue weighted by molar-refractivity contribution is 0.334. The van der Waals surface area contributed by atoms with Crippen molar-refractivity contribution in [3.05, 3.63) is 33.4 Å². The lowest BCUT2D eigenvalue weighted by Gasteiger charge is -2.19. The molecule has 114 valence electrons. The SMILES string of the molecule is CCc1c(O)c(-c2cccs2)nn(CCC(C)(C)C)c1=O. The van der Waals surface area contributed by atoms with Gasteiger partial charge in [-0.3, -0.25) is 4.79 Å². The molecule has 0 saturated carbocycles. The molecule has 0 radical (unpaired) electrons. The fraction of sp³-hybridized carbons (Fsp3) is 0.500. The molecule has 0 amide bonds. The summed E-state index contributed by atoms with van der Waals surface area (Å²) in [7, 11) is 0. The van der Waals surface area contributed by atoms with Gasteiger partial charge < -0.3 is 5.11 Å². The molecule has 0 atom stereocenters. The molecule has 2 aromatic rings. The van der Waals surface area contributed by atoms with Crippen molar-refractivity contribution in [2.24, 2.45) is 5.41 Å².